The number of hydrogen-bond donors (Lipinski definition) is 0. The molecule has 3 aromatic carbocycles. The number of aryl methyl sites for hydroxylation is 1. The van der Waals surface area contributed by atoms with Gasteiger partial charge in [-0.1, -0.05) is 79.6 Å². The molecule has 0 amide bonds. The highest BCUT2D eigenvalue weighted by Gasteiger charge is 2.19. The molecule has 0 N–H and O–H groups in total. The van der Waals surface area contributed by atoms with E-state index in [0.717, 1.165) is 6.42 Å². The molecule has 0 heterocycles. The largest absolute Gasteiger partial charge is 0.0652 e. The van der Waals surface area contributed by atoms with Crippen molar-refractivity contribution in [3.8, 4) is 11.1 Å². The Hall–Kier alpha value is -2.34. The van der Waals surface area contributed by atoms with E-state index in [9.17, 15) is 0 Å². The molecule has 0 unspecified atom stereocenters. The second-order valence-electron chi connectivity index (χ2n) is 6.58. The van der Waals surface area contributed by atoms with Gasteiger partial charge in [0.15, 0.2) is 0 Å². The lowest BCUT2D eigenvalue weighted by Crippen LogP contribution is -1.93. The molecule has 0 saturated heterocycles. The van der Waals surface area contributed by atoms with Crippen LogP contribution in [0, 0.1) is 6.92 Å². The molecule has 0 aromatic heterocycles. The van der Waals surface area contributed by atoms with Crippen molar-refractivity contribution < 1.29 is 0 Å². The molecule has 0 fully saturated rings. The second-order valence-corrected chi connectivity index (χ2v) is 6.58. The van der Waals surface area contributed by atoms with Crippen LogP contribution in [0.1, 0.15) is 36.5 Å². The van der Waals surface area contributed by atoms with Crippen molar-refractivity contribution in [3.05, 3.63) is 76.9 Å². The van der Waals surface area contributed by atoms with Crippen LogP contribution in [0.2, 0.25) is 0 Å². The topological polar surface area (TPSA) is 0 Å². The van der Waals surface area contributed by atoms with E-state index in [2.05, 4.69) is 74.5 Å². The fraction of sp³-hybridized carbons (Fsp3) is 0.217. The molecule has 0 spiro atoms. The van der Waals surface area contributed by atoms with Crippen molar-refractivity contribution in [2.45, 2.75) is 33.1 Å². The molecule has 0 radical (unpaired) electrons. The molecule has 0 bridgehead atoms. The Morgan fingerprint density at radius 1 is 0.870 bits per heavy atom. The van der Waals surface area contributed by atoms with Gasteiger partial charge in [0.1, 0.15) is 0 Å². The zero-order chi connectivity index (χ0) is 15.8. The van der Waals surface area contributed by atoms with E-state index >= 15 is 0 Å². The van der Waals surface area contributed by atoms with Crippen molar-refractivity contribution in [2.75, 3.05) is 0 Å². The zero-order valence-corrected chi connectivity index (χ0v) is 13.9. The fourth-order valence-electron chi connectivity index (χ4n) is 3.83. The summed E-state index contributed by atoms with van der Waals surface area (Å²) in [5.74, 6) is 0. The predicted molar refractivity (Wildman–Crippen MR) is 101 cm³/mol. The first kappa shape index (κ1) is 14.3. The third-order valence-electron chi connectivity index (χ3n) is 4.99. The zero-order valence-electron chi connectivity index (χ0n) is 13.9. The van der Waals surface area contributed by atoms with Gasteiger partial charge in [-0.25, -0.2) is 0 Å². The molecule has 23 heavy (non-hydrogen) atoms. The van der Waals surface area contributed by atoms with Gasteiger partial charge in [-0.2, -0.15) is 0 Å². The summed E-state index contributed by atoms with van der Waals surface area (Å²) < 4.78 is 0. The molecule has 0 saturated carbocycles. The van der Waals surface area contributed by atoms with E-state index < -0.39 is 0 Å². The predicted octanol–water partition coefficient (Wildman–Crippen LogP) is 6.55. The van der Waals surface area contributed by atoms with E-state index in [4.69, 9.17) is 0 Å². The molecule has 0 heteroatoms. The molecule has 0 atom stereocenters. The normalized spacial score (nSPS) is 13.2. The quantitative estimate of drug-likeness (QED) is 0.514. The Balaban J connectivity index is 1.95. The smallest absolute Gasteiger partial charge is 0.00550 e. The first-order chi connectivity index (χ1) is 11.3. The van der Waals surface area contributed by atoms with Crippen LogP contribution >= 0.6 is 0 Å². The van der Waals surface area contributed by atoms with E-state index in [1.54, 1.807) is 5.57 Å². The second kappa shape index (κ2) is 5.70. The van der Waals surface area contributed by atoms with E-state index in [1.165, 1.54) is 51.4 Å². The Morgan fingerprint density at radius 2 is 1.70 bits per heavy atom. The Morgan fingerprint density at radius 3 is 2.57 bits per heavy atom. The average molecular weight is 298 g/mol. The highest BCUT2D eigenvalue weighted by atomic mass is 14.2. The molecule has 114 valence electrons. The van der Waals surface area contributed by atoms with E-state index in [-0.39, 0.29) is 0 Å². The van der Waals surface area contributed by atoms with Gasteiger partial charge in [-0.3, -0.25) is 0 Å². The minimum Gasteiger partial charge on any atom is -0.0652 e. The summed E-state index contributed by atoms with van der Waals surface area (Å²) in [6, 6.07) is 19.9. The summed E-state index contributed by atoms with van der Waals surface area (Å²) in [5, 5.41) is 2.66. The molecule has 0 aliphatic heterocycles. The Labute approximate surface area is 138 Å². The van der Waals surface area contributed by atoms with Gasteiger partial charge in [0.05, 0.1) is 0 Å². The van der Waals surface area contributed by atoms with E-state index in [1.807, 2.05) is 0 Å². The lowest BCUT2D eigenvalue weighted by atomic mass is 9.91. The maximum atomic E-state index is 2.45. The van der Waals surface area contributed by atoms with Crippen LogP contribution in [0.5, 0.6) is 0 Å². The average Bonchev–Trinajstić information content (AvgIpc) is 3.00. The van der Waals surface area contributed by atoms with Gasteiger partial charge in [0, 0.05) is 0 Å². The van der Waals surface area contributed by atoms with Crippen LogP contribution in [0.25, 0.3) is 28.0 Å². The van der Waals surface area contributed by atoms with Crippen LogP contribution in [0.15, 0.2) is 60.2 Å². The lowest BCUT2D eigenvalue weighted by Gasteiger charge is -2.13. The van der Waals surface area contributed by atoms with Crippen molar-refractivity contribution in [1.29, 1.82) is 0 Å². The number of hydrogen-bond acceptors (Lipinski definition) is 0. The SMILES string of the molecule is CCCC1=Cc2c(-c3cccc4ccccc34)ccc(C)c2C1. The van der Waals surface area contributed by atoms with Crippen LogP contribution in [0.4, 0.5) is 0 Å². The summed E-state index contributed by atoms with van der Waals surface area (Å²) in [5.41, 5.74) is 8.72. The van der Waals surface area contributed by atoms with Crippen LogP contribution < -0.4 is 0 Å². The molecule has 3 aromatic rings. The lowest BCUT2D eigenvalue weighted by molar-refractivity contribution is 0.884. The third kappa shape index (κ3) is 2.39. The summed E-state index contributed by atoms with van der Waals surface area (Å²) in [6.07, 6.45) is 6.02. The van der Waals surface area contributed by atoms with Crippen molar-refractivity contribution in [1.82, 2.24) is 0 Å². The van der Waals surface area contributed by atoms with Crippen LogP contribution in [-0.2, 0) is 6.42 Å². The monoisotopic (exact) mass is 298 g/mol. The van der Waals surface area contributed by atoms with Gasteiger partial charge < -0.3 is 0 Å². The standard InChI is InChI=1S/C23H22/c1-3-7-17-14-22-16(2)12-13-21(23(22)15-17)20-11-6-9-18-8-4-5-10-19(18)20/h4-6,8-13,15H,3,7,14H2,1-2H3. The first-order valence-electron chi connectivity index (χ1n) is 8.58. The molecule has 1 aliphatic carbocycles. The van der Waals surface area contributed by atoms with Crippen molar-refractivity contribution in [2.24, 2.45) is 0 Å². The maximum Gasteiger partial charge on any atom is -0.00550 e. The number of fused-ring (bicyclic) bond motifs is 2. The number of benzene rings is 3. The summed E-state index contributed by atoms with van der Waals surface area (Å²) in [7, 11) is 0. The summed E-state index contributed by atoms with van der Waals surface area (Å²) >= 11 is 0. The van der Waals surface area contributed by atoms with Gasteiger partial charge in [-0.05, 0) is 58.4 Å². The minimum atomic E-state index is 1.13. The number of allylic oxidation sites excluding steroid dienone is 1. The summed E-state index contributed by atoms with van der Waals surface area (Å²) in [6.45, 7) is 4.51. The summed E-state index contributed by atoms with van der Waals surface area (Å²) in [4.78, 5) is 0. The maximum absolute atomic E-state index is 2.45. The molecule has 4 rings (SSSR count). The molecule has 0 nitrogen and oxygen atoms in total. The Kier molecular flexibility index (Phi) is 3.53. The third-order valence-corrected chi connectivity index (χ3v) is 4.99. The van der Waals surface area contributed by atoms with Crippen molar-refractivity contribution >= 4 is 16.8 Å². The van der Waals surface area contributed by atoms with Crippen LogP contribution in [0.3, 0.4) is 0 Å². The van der Waals surface area contributed by atoms with Gasteiger partial charge >= 0.3 is 0 Å². The minimum absolute atomic E-state index is 1.13. The Bertz CT molecular complexity index is 907. The van der Waals surface area contributed by atoms with Crippen molar-refractivity contribution in [3.63, 3.8) is 0 Å². The highest BCUT2D eigenvalue weighted by molar-refractivity contribution is 5.99. The fourth-order valence-corrected chi connectivity index (χ4v) is 3.83. The number of rotatable bonds is 3. The first-order valence-corrected chi connectivity index (χ1v) is 8.58. The molecule has 1 aliphatic rings. The van der Waals surface area contributed by atoms with Gasteiger partial charge in [-0.15, -0.1) is 0 Å². The molecular weight excluding hydrogens is 276 g/mol. The molecular formula is C23H22. The van der Waals surface area contributed by atoms with Gasteiger partial charge in [0.25, 0.3) is 0 Å². The highest BCUT2D eigenvalue weighted by Crippen LogP contribution is 2.39. The van der Waals surface area contributed by atoms with E-state index in [0.29, 0.717) is 0 Å². The van der Waals surface area contributed by atoms with Gasteiger partial charge in [0.2, 0.25) is 0 Å². The van der Waals surface area contributed by atoms with Crippen LogP contribution in [-0.4, -0.2) is 0 Å².